The van der Waals surface area contributed by atoms with Gasteiger partial charge < -0.3 is 15.0 Å². The molecule has 1 aliphatic rings. The predicted octanol–water partition coefficient (Wildman–Crippen LogP) is 1.49. The van der Waals surface area contributed by atoms with E-state index >= 15 is 0 Å². The van der Waals surface area contributed by atoms with Crippen LogP contribution < -0.4 is 5.32 Å². The Hall–Kier alpha value is -0.120. The minimum Gasteiger partial charge on any atom is -0.377 e. The molecule has 1 saturated heterocycles. The molecule has 1 heterocycles. The van der Waals surface area contributed by atoms with Gasteiger partial charge in [0, 0.05) is 25.7 Å². The Morgan fingerprint density at radius 1 is 1.53 bits per heavy atom. The van der Waals surface area contributed by atoms with Gasteiger partial charge in [0.15, 0.2) is 0 Å². The fourth-order valence-corrected chi connectivity index (χ4v) is 2.11. The first kappa shape index (κ1) is 12.9. The highest BCUT2D eigenvalue weighted by Gasteiger charge is 2.15. The van der Waals surface area contributed by atoms with Crippen LogP contribution in [0, 0.1) is 0 Å². The largest absolute Gasteiger partial charge is 0.377 e. The second kappa shape index (κ2) is 7.20. The van der Waals surface area contributed by atoms with E-state index in [1.807, 2.05) is 0 Å². The molecular weight excluding hydrogens is 188 g/mol. The third-order valence-corrected chi connectivity index (χ3v) is 2.97. The molecule has 1 fully saturated rings. The van der Waals surface area contributed by atoms with E-state index in [-0.39, 0.29) is 0 Å². The van der Waals surface area contributed by atoms with Crippen molar-refractivity contribution in [3.63, 3.8) is 0 Å². The van der Waals surface area contributed by atoms with E-state index in [2.05, 4.69) is 31.0 Å². The summed E-state index contributed by atoms with van der Waals surface area (Å²) in [6.45, 7) is 12.1. The van der Waals surface area contributed by atoms with Gasteiger partial charge >= 0.3 is 0 Å². The maximum Gasteiger partial charge on any atom is 0.0673 e. The van der Waals surface area contributed by atoms with Crippen LogP contribution in [0.15, 0.2) is 0 Å². The predicted molar refractivity (Wildman–Crippen MR) is 64.2 cm³/mol. The molecular formula is C12H26N2O. The molecule has 3 nitrogen and oxygen atoms in total. The van der Waals surface area contributed by atoms with Crippen molar-refractivity contribution < 1.29 is 4.74 Å². The summed E-state index contributed by atoms with van der Waals surface area (Å²) in [6.07, 6.45) is 2.82. The summed E-state index contributed by atoms with van der Waals surface area (Å²) in [5, 5.41) is 3.45. The van der Waals surface area contributed by atoms with E-state index in [1.54, 1.807) is 0 Å². The lowest BCUT2D eigenvalue weighted by Gasteiger charge is -2.23. The number of ether oxygens (including phenoxy) is 1. The first-order valence-corrected chi connectivity index (χ1v) is 6.29. The second-order valence-corrected chi connectivity index (χ2v) is 4.58. The van der Waals surface area contributed by atoms with Gasteiger partial charge in [-0.3, -0.25) is 0 Å². The van der Waals surface area contributed by atoms with Crippen molar-refractivity contribution in [2.75, 3.05) is 32.8 Å². The van der Waals surface area contributed by atoms with Crippen LogP contribution >= 0.6 is 0 Å². The molecule has 15 heavy (non-hydrogen) atoms. The molecule has 0 aliphatic carbocycles. The lowest BCUT2D eigenvalue weighted by molar-refractivity contribution is 0.0673. The van der Waals surface area contributed by atoms with E-state index in [9.17, 15) is 0 Å². The van der Waals surface area contributed by atoms with Crippen LogP contribution in [-0.2, 0) is 4.74 Å². The highest BCUT2D eigenvalue weighted by Crippen LogP contribution is 2.06. The standard InChI is InChI=1S/C12H26N2O/c1-4-13-11(2)6-8-14-7-5-9-15-12(3)10-14/h11-13H,4-10H2,1-3H3. The summed E-state index contributed by atoms with van der Waals surface area (Å²) in [5.74, 6) is 0. The molecule has 0 spiro atoms. The highest BCUT2D eigenvalue weighted by atomic mass is 16.5. The zero-order valence-corrected chi connectivity index (χ0v) is 10.5. The van der Waals surface area contributed by atoms with Gasteiger partial charge in [0.2, 0.25) is 0 Å². The summed E-state index contributed by atoms with van der Waals surface area (Å²) in [6, 6.07) is 0.634. The first-order valence-electron chi connectivity index (χ1n) is 6.29. The summed E-state index contributed by atoms with van der Waals surface area (Å²) in [7, 11) is 0. The van der Waals surface area contributed by atoms with E-state index < -0.39 is 0 Å². The van der Waals surface area contributed by atoms with Gasteiger partial charge in [-0.05, 0) is 39.8 Å². The molecule has 1 aliphatic heterocycles. The van der Waals surface area contributed by atoms with Gasteiger partial charge in [0.1, 0.15) is 0 Å². The fraction of sp³-hybridized carbons (Fsp3) is 1.00. The van der Waals surface area contributed by atoms with Gasteiger partial charge in [-0.2, -0.15) is 0 Å². The Kier molecular flexibility index (Phi) is 6.22. The number of rotatable bonds is 5. The minimum absolute atomic E-state index is 0.405. The van der Waals surface area contributed by atoms with Crippen LogP contribution in [0.25, 0.3) is 0 Å². The Morgan fingerprint density at radius 3 is 3.07 bits per heavy atom. The van der Waals surface area contributed by atoms with Crippen molar-refractivity contribution in [1.82, 2.24) is 10.2 Å². The van der Waals surface area contributed by atoms with E-state index in [0.717, 1.165) is 19.7 Å². The Labute approximate surface area is 94.2 Å². The van der Waals surface area contributed by atoms with Gasteiger partial charge in [-0.15, -0.1) is 0 Å². The van der Waals surface area contributed by atoms with Crippen LogP contribution in [0.5, 0.6) is 0 Å². The molecule has 0 amide bonds. The van der Waals surface area contributed by atoms with Gasteiger partial charge in [0.25, 0.3) is 0 Å². The second-order valence-electron chi connectivity index (χ2n) is 4.58. The zero-order valence-electron chi connectivity index (χ0n) is 10.5. The molecule has 0 saturated carbocycles. The molecule has 0 bridgehead atoms. The number of hydrogen-bond donors (Lipinski definition) is 1. The molecule has 2 atom stereocenters. The molecule has 0 aromatic heterocycles. The molecule has 0 aromatic rings. The zero-order chi connectivity index (χ0) is 11.1. The number of nitrogens with zero attached hydrogens (tertiary/aromatic N) is 1. The Balaban J connectivity index is 2.18. The third-order valence-electron chi connectivity index (χ3n) is 2.97. The van der Waals surface area contributed by atoms with Crippen molar-refractivity contribution in [3.05, 3.63) is 0 Å². The topological polar surface area (TPSA) is 24.5 Å². The van der Waals surface area contributed by atoms with Crippen molar-refractivity contribution >= 4 is 0 Å². The minimum atomic E-state index is 0.405. The van der Waals surface area contributed by atoms with E-state index in [1.165, 1.54) is 25.9 Å². The normalized spacial score (nSPS) is 26.2. The maximum absolute atomic E-state index is 5.63. The Morgan fingerprint density at radius 2 is 2.33 bits per heavy atom. The van der Waals surface area contributed by atoms with Crippen LogP contribution in [0.1, 0.15) is 33.6 Å². The SMILES string of the molecule is CCNC(C)CCN1CCCOC(C)C1. The van der Waals surface area contributed by atoms with Gasteiger partial charge in [-0.25, -0.2) is 0 Å². The smallest absolute Gasteiger partial charge is 0.0673 e. The van der Waals surface area contributed by atoms with E-state index in [0.29, 0.717) is 12.1 Å². The molecule has 0 radical (unpaired) electrons. The van der Waals surface area contributed by atoms with Crippen LogP contribution in [0.4, 0.5) is 0 Å². The van der Waals surface area contributed by atoms with Crippen molar-refractivity contribution in [3.8, 4) is 0 Å². The monoisotopic (exact) mass is 214 g/mol. The van der Waals surface area contributed by atoms with Gasteiger partial charge in [0.05, 0.1) is 6.10 Å². The average molecular weight is 214 g/mol. The summed E-state index contributed by atoms with van der Waals surface area (Å²) >= 11 is 0. The fourth-order valence-electron chi connectivity index (χ4n) is 2.11. The van der Waals surface area contributed by atoms with Crippen LogP contribution in [0.3, 0.4) is 0 Å². The average Bonchev–Trinajstić information content (AvgIpc) is 2.40. The molecule has 3 heteroatoms. The molecule has 1 rings (SSSR count). The first-order chi connectivity index (χ1) is 7.22. The quantitative estimate of drug-likeness (QED) is 0.750. The number of hydrogen-bond acceptors (Lipinski definition) is 3. The lowest BCUT2D eigenvalue weighted by atomic mass is 10.2. The van der Waals surface area contributed by atoms with Crippen molar-refractivity contribution in [2.45, 2.75) is 45.8 Å². The summed E-state index contributed by atoms with van der Waals surface area (Å²) in [4.78, 5) is 2.53. The maximum atomic E-state index is 5.63. The summed E-state index contributed by atoms with van der Waals surface area (Å²) < 4.78 is 5.63. The highest BCUT2D eigenvalue weighted by molar-refractivity contribution is 4.69. The third kappa shape index (κ3) is 5.50. The molecule has 90 valence electrons. The van der Waals surface area contributed by atoms with E-state index in [4.69, 9.17) is 4.74 Å². The lowest BCUT2D eigenvalue weighted by Crippen LogP contribution is -2.35. The number of nitrogens with one attached hydrogen (secondary N) is 1. The van der Waals surface area contributed by atoms with Crippen LogP contribution in [0.2, 0.25) is 0 Å². The van der Waals surface area contributed by atoms with Crippen molar-refractivity contribution in [1.29, 1.82) is 0 Å². The molecule has 1 N–H and O–H groups in total. The molecule has 2 unspecified atom stereocenters. The van der Waals surface area contributed by atoms with Gasteiger partial charge in [-0.1, -0.05) is 6.92 Å². The summed E-state index contributed by atoms with van der Waals surface area (Å²) in [5.41, 5.74) is 0. The molecule has 0 aromatic carbocycles. The van der Waals surface area contributed by atoms with Crippen molar-refractivity contribution in [2.24, 2.45) is 0 Å². The van der Waals surface area contributed by atoms with Crippen LogP contribution in [-0.4, -0.2) is 49.8 Å². The Bertz CT molecular complexity index is 164.